The minimum atomic E-state index is -0.477. The van der Waals surface area contributed by atoms with Crippen molar-refractivity contribution in [1.82, 2.24) is 0 Å². The predicted octanol–water partition coefficient (Wildman–Crippen LogP) is 9.49. The molecule has 0 spiro atoms. The fourth-order valence-electron chi connectivity index (χ4n) is 4.15. The van der Waals surface area contributed by atoms with Crippen LogP contribution >= 0.6 is 0 Å². The van der Waals surface area contributed by atoms with Gasteiger partial charge in [0.05, 0.1) is 7.11 Å². The minimum Gasteiger partial charge on any atom is -0.459 e. The molecule has 0 aromatic heterocycles. The largest absolute Gasteiger partial charge is 0.459 e. The van der Waals surface area contributed by atoms with E-state index in [1.54, 1.807) is 6.08 Å². The SMILES string of the molecule is C#C/C=C\CCCCCCCCCCCCCCCCCCCCCC/C=C\C#CC(=O)OC. The third-order valence-electron chi connectivity index (χ3n) is 6.27. The summed E-state index contributed by atoms with van der Waals surface area (Å²) in [6.07, 6.45) is 42.9. The Bertz CT molecular complexity index is 597. The lowest BCUT2D eigenvalue weighted by atomic mass is 10.0. The molecule has 0 saturated carbocycles. The van der Waals surface area contributed by atoms with E-state index in [0.29, 0.717) is 0 Å². The van der Waals surface area contributed by atoms with Gasteiger partial charge in [0.2, 0.25) is 0 Å². The Labute approximate surface area is 212 Å². The molecule has 34 heavy (non-hydrogen) atoms. The number of hydrogen-bond donors (Lipinski definition) is 0. The summed E-state index contributed by atoms with van der Waals surface area (Å²) in [6, 6.07) is 0. The van der Waals surface area contributed by atoms with Gasteiger partial charge in [-0.3, -0.25) is 0 Å². The molecule has 0 saturated heterocycles. The first-order valence-corrected chi connectivity index (χ1v) is 14.2. The highest BCUT2D eigenvalue weighted by atomic mass is 16.5. The van der Waals surface area contributed by atoms with Crippen LogP contribution in [0, 0.1) is 24.2 Å². The average molecular weight is 469 g/mol. The van der Waals surface area contributed by atoms with E-state index in [-0.39, 0.29) is 0 Å². The molecular formula is C32H52O2. The quantitative estimate of drug-likeness (QED) is 0.0646. The molecule has 0 radical (unpaired) electrons. The zero-order valence-corrected chi connectivity index (χ0v) is 22.3. The third-order valence-corrected chi connectivity index (χ3v) is 6.27. The van der Waals surface area contributed by atoms with Crippen LogP contribution in [0.3, 0.4) is 0 Å². The zero-order valence-electron chi connectivity index (χ0n) is 22.3. The van der Waals surface area contributed by atoms with Crippen LogP contribution < -0.4 is 0 Å². The molecule has 0 rings (SSSR count). The molecule has 0 bridgehead atoms. The average Bonchev–Trinajstić information content (AvgIpc) is 2.85. The van der Waals surface area contributed by atoms with Gasteiger partial charge in [-0.05, 0) is 37.8 Å². The van der Waals surface area contributed by atoms with Crippen molar-refractivity contribution in [3.05, 3.63) is 24.3 Å². The molecule has 0 aliphatic heterocycles. The molecule has 0 unspecified atom stereocenters. The summed E-state index contributed by atoms with van der Waals surface area (Å²) in [5, 5.41) is 0. The molecule has 0 heterocycles. The van der Waals surface area contributed by atoms with Gasteiger partial charge in [-0.2, -0.15) is 0 Å². The number of allylic oxidation sites excluding steroid dienone is 4. The maximum Gasteiger partial charge on any atom is 0.384 e. The molecule has 2 nitrogen and oxygen atoms in total. The van der Waals surface area contributed by atoms with Crippen LogP contribution in [0.25, 0.3) is 0 Å². The molecule has 0 fully saturated rings. The van der Waals surface area contributed by atoms with Crippen molar-refractivity contribution in [3.8, 4) is 24.2 Å². The van der Waals surface area contributed by atoms with Gasteiger partial charge in [-0.1, -0.05) is 140 Å². The zero-order chi connectivity index (χ0) is 24.8. The summed E-state index contributed by atoms with van der Waals surface area (Å²) in [5.41, 5.74) is 0. The fourth-order valence-corrected chi connectivity index (χ4v) is 4.15. The van der Waals surface area contributed by atoms with Crippen molar-refractivity contribution in [3.63, 3.8) is 0 Å². The molecule has 0 N–H and O–H groups in total. The highest BCUT2D eigenvalue weighted by Gasteiger charge is 1.95. The van der Waals surface area contributed by atoms with Gasteiger partial charge < -0.3 is 4.74 Å². The molecule has 192 valence electrons. The molecular weight excluding hydrogens is 416 g/mol. The van der Waals surface area contributed by atoms with Crippen molar-refractivity contribution >= 4 is 5.97 Å². The van der Waals surface area contributed by atoms with Crippen LogP contribution in [0.4, 0.5) is 0 Å². The van der Waals surface area contributed by atoms with Crippen LogP contribution in [0.1, 0.15) is 141 Å². The number of hydrogen-bond acceptors (Lipinski definition) is 2. The highest BCUT2D eigenvalue weighted by molar-refractivity contribution is 5.88. The Morgan fingerprint density at radius 3 is 1.24 bits per heavy atom. The van der Waals surface area contributed by atoms with Gasteiger partial charge in [0.1, 0.15) is 0 Å². The van der Waals surface area contributed by atoms with Crippen molar-refractivity contribution in [1.29, 1.82) is 0 Å². The van der Waals surface area contributed by atoms with E-state index in [9.17, 15) is 4.79 Å². The van der Waals surface area contributed by atoms with Crippen molar-refractivity contribution in [2.24, 2.45) is 0 Å². The van der Waals surface area contributed by atoms with E-state index >= 15 is 0 Å². The Hall–Kier alpha value is -1.93. The maximum absolute atomic E-state index is 10.8. The molecule has 0 aromatic rings. The monoisotopic (exact) mass is 468 g/mol. The van der Waals surface area contributed by atoms with Gasteiger partial charge in [0.15, 0.2) is 0 Å². The minimum absolute atomic E-state index is 0.477. The number of esters is 1. The highest BCUT2D eigenvalue weighted by Crippen LogP contribution is 2.15. The summed E-state index contributed by atoms with van der Waals surface area (Å²) in [6.45, 7) is 0. The lowest BCUT2D eigenvalue weighted by Crippen LogP contribution is -1.93. The second kappa shape index (κ2) is 29.1. The Morgan fingerprint density at radius 2 is 0.912 bits per heavy atom. The van der Waals surface area contributed by atoms with Gasteiger partial charge in [-0.25, -0.2) is 4.79 Å². The number of carbonyl (C=O) groups excluding carboxylic acids is 1. The standard InChI is InChI=1S/C32H52O2/c1-3-4-5-6-7-8-9-10-11-12-13-14-15-16-17-18-19-20-21-22-23-24-25-26-27-28-29-30-31-32(33)34-2/h1,4-5,28-29H,6-27H2,2H3/b5-4-,29-28-. The molecule has 0 aliphatic carbocycles. The molecule has 2 heteroatoms. The third kappa shape index (κ3) is 28.1. The van der Waals surface area contributed by atoms with E-state index in [0.717, 1.165) is 12.8 Å². The van der Waals surface area contributed by atoms with Crippen molar-refractivity contribution < 1.29 is 9.53 Å². The normalized spacial score (nSPS) is 10.9. The van der Waals surface area contributed by atoms with E-state index in [2.05, 4.69) is 28.6 Å². The fraction of sp³-hybridized carbons (Fsp3) is 0.719. The summed E-state index contributed by atoms with van der Waals surface area (Å²) < 4.78 is 4.46. The molecule has 0 atom stereocenters. The first-order valence-electron chi connectivity index (χ1n) is 14.2. The number of rotatable bonds is 23. The number of unbranched alkanes of at least 4 members (excludes halogenated alkanes) is 21. The number of terminal acetylenes is 1. The smallest absolute Gasteiger partial charge is 0.384 e. The molecule has 0 aliphatic rings. The van der Waals surface area contributed by atoms with Crippen molar-refractivity contribution in [2.75, 3.05) is 7.11 Å². The predicted molar refractivity (Wildman–Crippen MR) is 148 cm³/mol. The summed E-state index contributed by atoms with van der Waals surface area (Å²) in [7, 11) is 1.35. The first kappa shape index (κ1) is 32.1. The van der Waals surface area contributed by atoms with E-state index in [4.69, 9.17) is 6.42 Å². The Morgan fingerprint density at radius 1 is 0.588 bits per heavy atom. The van der Waals surface area contributed by atoms with Gasteiger partial charge in [0, 0.05) is 5.92 Å². The van der Waals surface area contributed by atoms with E-state index in [1.807, 2.05) is 12.2 Å². The second-order valence-electron chi connectivity index (χ2n) is 9.38. The number of carbonyl (C=O) groups is 1. The Kier molecular flexibility index (Phi) is 27.5. The van der Waals surface area contributed by atoms with Gasteiger partial charge in [0.25, 0.3) is 0 Å². The molecule has 0 aromatic carbocycles. The number of methoxy groups -OCH3 is 1. The summed E-state index contributed by atoms with van der Waals surface area (Å²) >= 11 is 0. The second-order valence-corrected chi connectivity index (χ2v) is 9.38. The maximum atomic E-state index is 10.8. The van der Waals surface area contributed by atoms with Crippen LogP contribution in [-0.4, -0.2) is 13.1 Å². The lowest BCUT2D eigenvalue weighted by molar-refractivity contribution is -0.133. The Balaban J connectivity index is 3.13. The van der Waals surface area contributed by atoms with Crippen LogP contribution in [0.15, 0.2) is 24.3 Å². The number of ether oxygens (including phenoxy) is 1. The van der Waals surface area contributed by atoms with E-state index < -0.39 is 5.97 Å². The lowest BCUT2D eigenvalue weighted by Gasteiger charge is -2.04. The first-order chi connectivity index (χ1) is 16.8. The van der Waals surface area contributed by atoms with Gasteiger partial charge in [-0.15, -0.1) is 6.42 Å². The van der Waals surface area contributed by atoms with Crippen LogP contribution in [0.2, 0.25) is 0 Å². The topological polar surface area (TPSA) is 26.3 Å². The summed E-state index contributed by atoms with van der Waals surface area (Å²) in [5.74, 6) is 7.16. The van der Waals surface area contributed by atoms with E-state index in [1.165, 1.54) is 136 Å². The summed E-state index contributed by atoms with van der Waals surface area (Å²) in [4.78, 5) is 10.8. The van der Waals surface area contributed by atoms with Crippen LogP contribution in [0.5, 0.6) is 0 Å². The van der Waals surface area contributed by atoms with Crippen LogP contribution in [-0.2, 0) is 9.53 Å². The molecule has 0 amide bonds. The van der Waals surface area contributed by atoms with Crippen molar-refractivity contribution in [2.45, 2.75) is 141 Å². The van der Waals surface area contributed by atoms with Gasteiger partial charge >= 0.3 is 5.97 Å².